The molecule has 1 amide bonds. The maximum atomic E-state index is 12.1. The van der Waals surface area contributed by atoms with Crippen molar-refractivity contribution in [3.63, 3.8) is 0 Å². The second-order valence-electron chi connectivity index (χ2n) is 8.09. The number of benzene rings is 1. The highest BCUT2D eigenvalue weighted by molar-refractivity contribution is 7.22. The Kier molecular flexibility index (Phi) is 4.68. The van der Waals surface area contributed by atoms with Crippen LogP contribution in [0.2, 0.25) is 0 Å². The maximum Gasteiger partial charge on any atom is 0.246 e. The van der Waals surface area contributed by atoms with Gasteiger partial charge in [0.15, 0.2) is 5.82 Å². The molecular weight excluding hydrogens is 426 g/mol. The highest BCUT2D eigenvalue weighted by Gasteiger charge is 2.42. The number of methoxy groups -OCH3 is 1. The van der Waals surface area contributed by atoms with Crippen molar-refractivity contribution in [3.8, 4) is 16.2 Å². The van der Waals surface area contributed by atoms with E-state index in [2.05, 4.69) is 28.8 Å². The molecule has 1 fully saturated rings. The standard InChI is InChI=1S/C23H23N5O3S/c1-4-19(29)27-6-5-23(30,11-27)18-10-15(20-22(24)25-12-26-28(18)20)17-9-14-7-13(2)8-16(31-3)21(14)32-17/h4,7-10,12,30H,1,5-6,11H2,2-3H3,(H2,24,25,26)/t23-/m0/s1. The van der Waals surface area contributed by atoms with Gasteiger partial charge in [-0.2, -0.15) is 5.10 Å². The van der Waals surface area contributed by atoms with Crippen molar-refractivity contribution in [3.05, 3.63) is 54.5 Å². The Morgan fingerprint density at radius 1 is 1.38 bits per heavy atom. The molecule has 0 bridgehead atoms. The molecule has 0 saturated carbocycles. The zero-order valence-electron chi connectivity index (χ0n) is 17.8. The number of thiophene rings is 1. The number of aryl methyl sites for hydroxylation is 1. The minimum absolute atomic E-state index is 0.159. The van der Waals surface area contributed by atoms with E-state index in [0.717, 1.165) is 31.8 Å². The molecule has 0 aliphatic carbocycles. The molecule has 1 aliphatic heterocycles. The summed E-state index contributed by atoms with van der Waals surface area (Å²) in [5, 5.41) is 17.0. The number of nitrogens with zero attached hydrogens (tertiary/aromatic N) is 4. The fourth-order valence-electron chi connectivity index (χ4n) is 4.46. The summed E-state index contributed by atoms with van der Waals surface area (Å²) in [6.45, 7) is 6.17. The summed E-state index contributed by atoms with van der Waals surface area (Å²) in [7, 11) is 1.66. The summed E-state index contributed by atoms with van der Waals surface area (Å²) in [5.41, 5.74) is 8.16. The number of aromatic nitrogens is 3. The number of carbonyl (C=O) groups is 1. The number of aliphatic hydroxyl groups is 1. The van der Waals surface area contributed by atoms with E-state index in [1.807, 2.05) is 19.1 Å². The fraction of sp³-hybridized carbons (Fsp3) is 0.261. The molecule has 5 rings (SSSR count). The number of carbonyl (C=O) groups excluding carboxylic acids is 1. The van der Waals surface area contributed by atoms with Crippen LogP contribution in [0.4, 0.5) is 5.82 Å². The summed E-state index contributed by atoms with van der Waals surface area (Å²) in [6.07, 6.45) is 3.03. The second-order valence-corrected chi connectivity index (χ2v) is 9.14. The van der Waals surface area contributed by atoms with Crippen LogP contribution in [0.15, 0.2) is 43.2 Å². The third kappa shape index (κ3) is 3.04. The van der Waals surface area contributed by atoms with E-state index in [-0.39, 0.29) is 12.5 Å². The number of rotatable bonds is 4. The number of likely N-dealkylation sites (tertiary alicyclic amines) is 1. The van der Waals surface area contributed by atoms with E-state index in [4.69, 9.17) is 10.5 Å². The van der Waals surface area contributed by atoms with E-state index < -0.39 is 5.60 Å². The lowest BCUT2D eigenvalue weighted by Crippen LogP contribution is -2.34. The first-order valence-corrected chi connectivity index (χ1v) is 11.0. The monoisotopic (exact) mass is 449 g/mol. The summed E-state index contributed by atoms with van der Waals surface area (Å²) >= 11 is 1.59. The summed E-state index contributed by atoms with van der Waals surface area (Å²) in [5.74, 6) is 0.933. The number of ether oxygens (including phenoxy) is 1. The van der Waals surface area contributed by atoms with E-state index in [1.54, 1.807) is 27.9 Å². The topological polar surface area (TPSA) is 106 Å². The summed E-state index contributed by atoms with van der Waals surface area (Å²) < 4.78 is 8.27. The third-order valence-corrected chi connectivity index (χ3v) is 7.20. The average Bonchev–Trinajstić information content (AvgIpc) is 3.48. The van der Waals surface area contributed by atoms with Gasteiger partial charge in [-0.05, 0) is 42.1 Å². The lowest BCUT2D eigenvalue weighted by Gasteiger charge is -2.22. The van der Waals surface area contributed by atoms with Gasteiger partial charge in [0.1, 0.15) is 23.2 Å². The quantitative estimate of drug-likeness (QED) is 0.464. The number of nitrogens with two attached hydrogens (primary N) is 1. The Morgan fingerprint density at radius 2 is 2.19 bits per heavy atom. The number of hydrogen-bond donors (Lipinski definition) is 2. The van der Waals surface area contributed by atoms with Crippen LogP contribution in [0.3, 0.4) is 0 Å². The van der Waals surface area contributed by atoms with Gasteiger partial charge in [0.2, 0.25) is 5.91 Å². The van der Waals surface area contributed by atoms with Crippen LogP contribution in [0.25, 0.3) is 26.0 Å². The minimum atomic E-state index is -1.26. The number of β-amino-alcohol motifs (C(OH)–C–C–N with tert-alkyl or cyclic N) is 1. The van der Waals surface area contributed by atoms with Gasteiger partial charge < -0.3 is 20.5 Å². The van der Waals surface area contributed by atoms with Crippen LogP contribution in [-0.4, -0.2) is 50.7 Å². The molecule has 1 saturated heterocycles. The molecule has 1 atom stereocenters. The second kappa shape index (κ2) is 7.32. The van der Waals surface area contributed by atoms with Gasteiger partial charge in [-0.3, -0.25) is 4.79 Å². The SMILES string of the molecule is C=CC(=O)N1CC[C@@](O)(c2cc(-c3cc4cc(C)cc(OC)c4s3)c3c(N)ncnn23)C1. The predicted octanol–water partition coefficient (Wildman–Crippen LogP) is 3.12. The van der Waals surface area contributed by atoms with Gasteiger partial charge in [0.25, 0.3) is 0 Å². The van der Waals surface area contributed by atoms with Gasteiger partial charge in [0, 0.05) is 23.4 Å². The molecule has 3 N–H and O–H groups in total. The van der Waals surface area contributed by atoms with Crippen molar-refractivity contribution in [2.45, 2.75) is 18.9 Å². The highest BCUT2D eigenvalue weighted by atomic mass is 32.1. The Labute approximate surface area is 188 Å². The van der Waals surface area contributed by atoms with Crippen molar-refractivity contribution >= 4 is 38.7 Å². The molecule has 164 valence electrons. The molecule has 4 aromatic rings. The Bertz CT molecular complexity index is 1390. The Balaban J connectivity index is 1.70. The van der Waals surface area contributed by atoms with Gasteiger partial charge in [-0.15, -0.1) is 11.3 Å². The van der Waals surface area contributed by atoms with E-state index >= 15 is 0 Å². The van der Waals surface area contributed by atoms with Crippen LogP contribution >= 0.6 is 11.3 Å². The van der Waals surface area contributed by atoms with Crippen LogP contribution < -0.4 is 10.5 Å². The third-order valence-electron chi connectivity index (χ3n) is 6.01. The predicted molar refractivity (Wildman–Crippen MR) is 125 cm³/mol. The lowest BCUT2D eigenvalue weighted by atomic mass is 9.98. The van der Waals surface area contributed by atoms with Gasteiger partial charge in [0.05, 0.1) is 24.0 Å². The largest absolute Gasteiger partial charge is 0.495 e. The zero-order valence-corrected chi connectivity index (χ0v) is 18.6. The normalized spacial score (nSPS) is 18.5. The van der Waals surface area contributed by atoms with Gasteiger partial charge in [-0.25, -0.2) is 9.50 Å². The van der Waals surface area contributed by atoms with E-state index in [9.17, 15) is 9.90 Å². The fourth-order valence-corrected chi connectivity index (χ4v) is 5.61. The van der Waals surface area contributed by atoms with Crippen LogP contribution in [0.5, 0.6) is 5.75 Å². The van der Waals surface area contributed by atoms with Crippen molar-refractivity contribution in [2.75, 3.05) is 25.9 Å². The average molecular weight is 450 g/mol. The Hall–Kier alpha value is -3.43. The highest BCUT2D eigenvalue weighted by Crippen LogP contribution is 2.44. The first-order chi connectivity index (χ1) is 15.3. The smallest absolute Gasteiger partial charge is 0.246 e. The lowest BCUT2D eigenvalue weighted by molar-refractivity contribution is -0.126. The number of amides is 1. The molecule has 4 heterocycles. The van der Waals surface area contributed by atoms with Crippen molar-refractivity contribution < 1.29 is 14.6 Å². The van der Waals surface area contributed by atoms with Crippen molar-refractivity contribution in [2.24, 2.45) is 0 Å². The number of anilines is 1. The molecular formula is C23H23N5O3S. The van der Waals surface area contributed by atoms with Crippen molar-refractivity contribution in [1.29, 1.82) is 0 Å². The molecule has 0 spiro atoms. The molecule has 32 heavy (non-hydrogen) atoms. The number of hydrogen-bond acceptors (Lipinski definition) is 7. The zero-order chi connectivity index (χ0) is 22.6. The van der Waals surface area contributed by atoms with Crippen molar-refractivity contribution in [1.82, 2.24) is 19.5 Å². The minimum Gasteiger partial charge on any atom is -0.495 e. The van der Waals surface area contributed by atoms with E-state index in [1.165, 1.54) is 12.4 Å². The number of fused-ring (bicyclic) bond motifs is 2. The summed E-state index contributed by atoms with van der Waals surface area (Å²) in [4.78, 5) is 18.8. The molecule has 1 aromatic carbocycles. The number of nitrogen functional groups attached to an aromatic ring is 1. The Morgan fingerprint density at radius 3 is 2.94 bits per heavy atom. The molecule has 9 heteroatoms. The van der Waals surface area contributed by atoms with Crippen LogP contribution in [0, 0.1) is 6.92 Å². The molecule has 8 nitrogen and oxygen atoms in total. The van der Waals surface area contributed by atoms with Crippen LogP contribution in [-0.2, 0) is 10.4 Å². The molecule has 3 aromatic heterocycles. The molecule has 1 aliphatic rings. The van der Waals surface area contributed by atoms with Gasteiger partial charge >= 0.3 is 0 Å². The first-order valence-electron chi connectivity index (χ1n) is 10.2. The molecule has 0 radical (unpaired) electrons. The van der Waals surface area contributed by atoms with E-state index in [0.29, 0.717) is 30.0 Å². The first kappa shape index (κ1) is 20.5. The van der Waals surface area contributed by atoms with Gasteiger partial charge in [-0.1, -0.05) is 12.6 Å². The summed E-state index contributed by atoms with van der Waals surface area (Å²) in [6, 6.07) is 8.12. The maximum absolute atomic E-state index is 12.1. The molecule has 0 unspecified atom stereocenters. The van der Waals surface area contributed by atoms with Crippen LogP contribution in [0.1, 0.15) is 17.7 Å².